The van der Waals surface area contributed by atoms with E-state index in [2.05, 4.69) is 15.5 Å². The van der Waals surface area contributed by atoms with Crippen LogP contribution in [0.5, 0.6) is 0 Å². The molecule has 0 saturated heterocycles. The van der Waals surface area contributed by atoms with Crippen molar-refractivity contribution in [3.05, 3.63) is 77.4 Å². The highest BCUT2D eigenvalue weighted by atomic mass is 19.1. The molecule has 5 nitrogen and oxygen atoms in total. The number of amides is 1. The number of halogens is 3. The summed E-state index contributed by atoms with van der Waals surface area (Å²) in [5.41, 5.74) is 0.247. The van der Waals surface area contributed by atoms with Gasteiger partial charge in [0.2, 0.25) is 17.6 Å². The van der Waals surface area contributed by atoms with Crippen molar-refractivity contribution in [1.82, 2.24) is 15.5 Å². The highest BCUT2D eigenvalue weighted by Gasteiger charge is 2.16. The van der Waals surface area contributed by atoms with E-state index >= 15 is 0 Å². The molecule has 1 heterocycles. The number of carbonyl (C=O) groups excluding carboxylic acids is 1. The fourth-order valence-corrected chi connectivity index (χ4v) is 2.28. The van der Waals surface area contributed by atoms with E-state index in [4.69, 9.17) is 4.52 Å². The van der Waals surface area contributed by atoms with Gasteiger partial charge in [-0.05, 0) is 49.4 Å². The number of aromatic nitrogens is 2. The summed E-state index contributed by atoms with van der Waals surface area (Å²) in [7, 11) is 0. The van der Waals surface area contributed by atoms with Crippen molar-refractivity contribution in [2.24, 2.45) is 0 Å². The summed E-state index contributed by atoms with van der Waals surface area (Å²) in [6, 6.07) is 8.31. The minimum Gasteiger partial charge on any atom is -0.341 e. The zero-order valence-electron chi connectivity index (χ0n) is 14.1. The average molecular weight is 373 g/mol. The lowest BCUT2D eigenvalue weighted by Crippen LogP contribution is -2.24. The third kappa shape index (κ3) is 4.41. The molecule has 3 aromatic rings. The van der Waals surface area contributed by atoms with Gasteiger partial charge in [0.25, 0.3) is 0 Å². The molecule has 0 fully saturated rings. The van der Waals surface area contributed by atoms with Gasteiger partial charge in [0.1, 0.15) is 23.5 Å². The maximum absolute atomic E-state index is 13.5. The molecular formula is C19H14F3N3O2. The number of benzene rings is 2. The molecule has 1 amide bonds. The Kier molecular flexibility index (Phi) is 5.35. The standard InChI is InChI=1S/C19H14F3N3O2/c1-11(19-24-18(25-27-19)12-5-7-13(20)8-6-12)23-17(26)10-9-14-15(21)3-2-4-16(14)22/h2-11H,1H3,(H,23,26)/b10-9+. The molecule has 138 valence electrons. The Hall–Kier alpha value is -3.42. The minimum atomic E-state index is -0.770. The molecule has 8 heteroatoms. The van der Waals surface area contributed by atoms with E-state index in [1.807, 2.05) is 0 Å². The second-order valence-electron chi connectivity index (χ2n) is 5.66. The Balaban J connectivity index is 1.66. The number of hydrogen-bond donors (Lipinski definition) is 1. The summed E-state index contributed by atoms with van der Waals surface area (Å²) in [5.74, 6) is -2.14. The molecule has 0 aliphatic heterocycles. The van der Waals surface area contributed by atoms with Crippen molar-refractivity contribution in [2.45, 2.75) is 13.0 Å². The molecule has 0 spiro atoms. The number of rotatable bonds is 5. The summed E-state index contributed by atoms with van der Waals surface area (Å²) in [5, 5.41) is 6.34. The van der Waals surface area contributed by atoms with Gasteiger partial charge in [-0.2, -0.15) is 4.98 Å². The SMILES string of the molecule is CC(NC(=O)/C=C/c1c(F)cccc1F)c1nc(-c2ccc(F)cc2)no1. The van der Waals surface area contributed by atoms with Crippen LogP contribution in [0.1, 0.15) is 24.4 Å². The smallest absolute Gasteiger partial charge is 0.249 e. The number of hydrogen-bond acceptors (Lipinski definition) is 4. The molecule has 1 atom stereocenters. The molecular weight excluding hydrogens is 359 g/mol. The first kappa shape index (κ1) is 18.4. The predicted molar refractivity (Wildman–Crippen MR) is 91.6 cm³/mol. The van der Waals surface area contributed by atoms with Crippen LogP contribution < -0.4 is 5.32 Å². The summed E-state index contributed by atoms with van der Waals surface area (Å²) in [4.78, 5) is 16.1. The maximum atomic E-state index is 13.5. The van der Waals surface area contributed by atoms with Gasteiger partial charge in [0.15, 0.2) is 0 Å². The van der Waals surface area contributed by atoms with Crippen molar-refractivity contribution >= 4 is 12.0 Å². The molecule has 1 unspecified atom stereocenters. The molecule has 0 bridgehead atoms. The first-order valence-electron chi connectivity index (χ1n) is 7.96. The lowest BCUT2D eigenvalue weighted by atomic mass is 10.2. The van der Waals surface area contributed by atoms with Gasteiger partial charge >= 0.3 is 0 Å². The van der Waals surface area contributed by atoms with Crippen LogP contribution in [0.3, 0.4) is 0 Å². The van der Waals surface area contributed by atoms with Crippen molar-refractivity contribution in [2.75, 3.05) is 0 Å². The van der Waals surface area contributed by atoms with Crippen LogP contribution in [0.2, 0.25) is 0 Å². The van der Waals surface area contributed by atoms with Crippen LogP contribution in [0.15, 0.2) is 53.1 Å². The zero-order chi connectivity index (χ0) is 19.4. The minimum absolute atomic E-state index is 0.133. The third-order valence-corrected chi connectivity index (χ3v) is 3.67. The van der Waals surface area contributed by atoms with E-state index in [0.29, 0.717) is 5.56 Å². The van der Waals surface area contributed by atoms with Gasteiger partial charge in [0, 0.05) is 17.2 Å². The Morgan fingerprint density at radius 1 is 1.11 bits per heavy atom. The zero-order valence-corrected chi connectivity index (χ0v) is 14.1. The normalized spacial score (nSPS) is 12.3. The van der Waals surface area contributed by atoms with Gasteiger partial charge in [-0.1, -0.05) is 11.2 Å². The first-order valence-corrected chi connectivity index (χ1v) is 7.96. The highest BCUT2D eigenvalue weighted by Crippen LogP contribution is 2.19. The molecule has 0 radical (unpaired) electrons. The van der Waals surface area contributed by atoms with Gasteiger partial charge < -0.3 is 9.84 Å². The van der Waals surface area contributed by atoms with Crippen LogP contribution in [0, 0.1) is 17.5 Å². The van der Waals surface area contributed by atoms with Crippen molar-refractivity contribution in [1.29, 1.82) is 0 Å². The second-order valence-corrected chi connectivity index (χ2v) is 5.66. The Bertz CT molecular complexity index is 964. The molecule has 0 saturated carbocycles. The number of nitrogens with zero attached hydrogens (tertiary/aromatic N) is 2. The molecule has 1 N–H and O–H groups in total. The topological polar surface area (TPSA) is 68.0 Å². The summed E-state index contributed by atoms with van der Waals surface area (Å²) in [6.07, 6.45) is 2.06. The summed E-state index contributed by atoms with van der Waals surface area (Å²) >= 11 is 0. The van der Waals surface area contributed by atoms with Crippen molar-refractivity contribution < 1.29 is 22.5 Å². The molecule has 0 aliphatic rings. The number of carbonyl (C=O) groups is 1. The Morgan fingerprint density at radius 3 is 2.44 bits per heavy atom. The second kappa shape index (κ2) is 7.86. The van der Waals surface area contributed by atoms with Gasteiger partial charge in [0.05, 0.1) is 0 Å². The maximum Gasteiger partial charge on any atom is 0.249 e. The van der Waals surface area contributed by atoms with Gasteiger partial charge in [-0.15, -0.1) is 0 Å². The summed E-state index contributed by atoms with van der Waals surface area (Å²) < 4.78 is 45.1. The van der Waals surface area contributed by atoms with Crippen LogP contribution in [0.4, 0.5) is 13.2 Å². The van der Waals surface area contributed by atoms with Crippen LogP contribution in [0.25, 0.3) is 17.5 Å². The Labute approximate surface area is 152 Å². The van der Waals surface area contributed by atoms with E-state index < -0.39 is 23.6 Å². The largest absolute Gasteiger partial charge is 0.341 e. The van der Waals surface area contributed by atoms with Crippen molar-refractivity contribution in [3.8, 4) is 11.4 Å². The van der Waals surface area contributed by atoms with Crippen LogP contribution in [-0.4, -0.2) is 16.0 Å². The highest BCUT2D eigenvalue weighted by molar-refractivity contribution is 5.91. The fourth-order valence-electron chi connectivity index (χ4n) is 2.28. The fraction of sp³-hybridized carbons (Fsp3) is 0.105. The lowest BCUT2D eigenvalue weighted by molar-refractivity contribution is -0.117. The van der Waals surface area contributed by atoms with E-state index in [1.54, 1.807) is 6.92 Å². The van der Waals surface area contributed by atoms with Crippen LogP contribution in [-0.2, 0) is 4.79 Å². The molecule has 2 aromatic carbocycles. The van der Waals surface area contributed by atoms with E-state index in [1.165, 1.54) is 30.3 Å². The quantitative estimate of drug-likeness (QED) is 0.686. The first-order chi connectivity index (χ1) is 12.9. The third-order valence-electron chi connectivity index (χ3n) is 3.67. The van der Waals surface area contributed by atoms with Gasteiger partial charge in [-0.25, -0.2) is 13.2 Å². The van der Waals surface area contributed by atoms with E-state index in [-0.39, 0.29) is 23.1 Å². The van der Waals surface area contributed by atoms with E-state index in [9.17, 15) is 18.0 Å². The van der Waals surface area contributed by atoms with Crippen molar-refractivity contribution in [3.63, 3.8) is 0 Å². The van der Waals surface area contributed by atoms with Crippen LogP contribution >= 0.6 is 0 Å². The average Bonchev–Trinajstić information content (AvgIpc) is 3.12. The Morgan fingerprint density at radius 2 is 1.78 bits per heavy atom. The predicted octanol–water partition coefficient (Wildman–Crippen LogP) is 4.04. The van der Waals surface area contributed by atoms with Gasteiger partial charge in [-0.3, -0.25) is 4.79 Å². The molecule has 1 aromatic heterocycles. The molecule has 0 aliphatic carbocycles. The molecule has 27 heavy (non-hydrogen) atoms. The lowest BCUT2D eigenvalue weighted by Gasteiger charge is -2.07. The van der Waals surface area contributed by atoms with E-state index in [0.717, 1.165) is 24.3 Å². The number of nitrogens with one attached hydrogen (secondary N) is 1. The summed E-state index contributed by atoms with van der Waals surface area (Å²) in [6.45, 7) is 1.61. The monoisotopic (exact) mass is 373 g/mol. The molecule has 3 rings (SSSR count).